The first kappa shape index (κ1) is 15.2. The minimum absolute atomic E-state index is 0.195. The van der Waals surface area contributed by atoms with Crippen molar-refractivity contribution in [1.82, 2.24) is 4.31 Å². The topological polar surface area (TPSA) is 50.5 Å². The van der Waals surface area contributed by atoms with Gasteiger partial charge in [0, 0.05) is 11.9 Å². The van der Waals surface area contributed by atoms with Crippen molar-refractivity contribution in [3.63, 3.8) is 0 Å². The van der Waals surface area contributed by atoms with E-state index in [1.165, 1.54) is 22.7 Å². The Morgan fingerprint density at radius 1 is 1.37 bits per heavy atom. The molecule has 2 aromatic rings. The van der Waals surface area contributed by atoms with E-state index < -0.39 is 10.0 Å². The quantitative estimate of drug-likeness (QED) is 0.739. The fraction of sp³-hybridized carbons (Fsp3) is 0.273. The van der Waals surface area contributed by atoms with Gasteiger partial charge in [-0.2, -0.15) is 4.31 Å². The number of furan rings is 1. The molecule has 0 radical (unpaired) electrons. The predicted molar refractivity (Wildman–Crippen MR) is 81.8 cm³/mol. The molecule has 104 valence electrons. The highest BCUT2D eigenvalue weighted by atomic mass is 79.9. The molecule has 0 aliphatic carbocycles. The molecule has 0 spiro atoms. The summed E-state index contributed by atoms with van der Waals surface area (Å²) in [4.78, 5) is 1.09. The third-order valence-electron chi connectivity index (χ3n) is 2.54. The molecule has 0 aliphatic rings. The lowest BCUT2D eigenvalue weighted by atomic mass is 10.4. The first-order valence-corrected chi connectivity index (χ1v) is 9.11. The summed E-state index contributed by atoms with van der Waals surface area (Å²) in [6, 6.07) is 5.11. The van der Waals surface area contributed by atoms with E-state index in [0.29, 0.717) is 15.3 Å². The first-order chi connectivity index (χ1) is 8.80. The van der Waals surface area contributed by atoms with Crippen LogP contribution in [-0.4, -0.2) is 19.8 Å². The van der Waals surface area contributed by atoms with Gasteiger partial charge in [-0.1, -0.05) is 0 Å². The van der Waals surface area contributed by atoms with Crippen LogP contribution in [0.3, 0.4) is 0 Å². The van der Waals surface area contributed by atoms with Crippen LogP contribution in [0.2, 0.25) is 0 Å². The molecular weight excluding hydrogens is 418 g/mol. The van der Waals surface area contributed by atoms with E-state index in [1.54, 1.807) is 25.1 Å². The minimum Gasteiger partial charge on any atom is -0.453 e. The Morgan fingerprint density at radius 3 is 2.53 bits per heavy atom. The van der Waals surface area contributed by atoms with Gasteiger partial charge in [-0.25, -0.2) is 8.42 Å². The first-order valence-electron chi connectivity index (χ1n) is 5.27. The van der Waals surface area contributed by atoms with Crippen molar-refractivity contribution in [2.24, 2.45) is 0 Å². The monoisotopic (exact) mass is 427 g/mol. The average molecular weight is 429 g/mol. The third kappa shape index (κ3) is 3.30. The van der Waals surface area contributed by atoms with Gasteiger partial charge in [0.25, 0.3) is 0 Å². The van der Waals surface area contributed by atoms with Gasteiger partial charge in [0.2, 0.25) is 10.0 Å². The Balaban J connectivity index is 2.27. The van der Waals surface area contributed by atoms with Crippen LogP contribution in [-0.2, 0) is 16.6 Å². The molecule has 0 saturated carbocycles. The Kier molecular flexibility index (Phi) is 4.56. The molecule has 0 saturated heterocycles. The third-order valence-corrected chi connectivity index (χ3v) is 6.58. The van der Waals surface area contributed by atoms with Crippen molar-refractivity contribution in [1.29, 1.82) is 0 Å². The normalized spacial score (nSPS) is 12.3. The Hall–Kier alpha value is -0.150. The van der Waals surface area contributed by atoms with Gasteiger partial charge in [0.05, 0.1) is 15.2 Å². The molecule has 19 heavy (non-hydrogen) atoms. The summed E-state index contributed by atoms with van der Waals surface area (Å²) >= 11 is 7.90. The summed E-state index contributed by atoms with van der Waals surface area (Å²) in [5, 5.41) is 0. The van der Waals surface area contributed by atoms with Crippen LogP contribution in [0.1, 0.15) is 10.6 Å². The SMILES string of the molecule is Cc1sc(Br)cc1S(=O)(=O)N(C)Cc1ccc(Br)o1. The van der Waals surface area contributed by atoms with Crippen molar-refractivity contribution in [2.45, 2.75) is 18.4 Å². The Morgan fingerprint density at radius 2 is 2.05 bits per heavy atom. The molecular formula is C11H11Br2NO3S2. The second-order valence-corrected chi connectivity index (χ2v) is 9.37. The molecule has 0 bridgehead atoms. The standard InChI is InChI=1S/C11H11Br2NO3S2/c1-7-9(5-11(13)18-7)19(15,16)14(2)6-8-3-4-10(12)17-8/h3-5H,6H2,1-2H3. The zero-order valence-electron chi connectivity index (χ0n) is 10.2. The molecule has 8 heteroatoms. The van der Waals surface area contributed by atoms with Gasteiger partial charge in [0.1, 0.15) is 5.76 Å². The lowest BCUT2D eigenvalue weighted by Gasteiger charge is -2.15. The van der Waals surface area contributed by atoms with Gasteiger partial charge in [-0.05, 0) is 57.0 Å². The summed E-state index contributed by atoms with van der Waals surface area (Å²) < 4.78 is 32.9. The number of halogens is 2. The zero-order valence-corrected chi connectivity index (χ0v) is 15.0. The van der Waals surface area contributed by atoms with Crippen molar-refractivity contribution in [2.75, 3.05) is 7.05 Å². The molecule has 0 N–H and O–H groups in total. The summed E-state index contributed by atoms with van der Waals surface area (Å²) in [7, 11) is -1.96. The maximum Gasteiger partial charge on any atom is 0.244 e. The highest BCUT2D eigenvalue weighted by Crippen LogP contribution is 2.31. The van der Waals surface area contributed by atoms with E-state index in [1.807, 2.05) is 0 Å². The second-order valence-electron chi connectivity index (χ2n) is 3.94. The number of rotatable bonds is 4. The molecule has 0 fully saturated rings. The van der Waals surface area contributed by atoms with Crippen LogP contribution in [0, 0.1) is 6.92 Å². The van der Waals surface area contributed by atoms with Gasteiger partial charge < -0.3 is 4.42 Å². The van der Waals surface area contributed by atoms with E-state index in [9.17, 15) is 8.42 Å². The molecule has 0 aliphatic heterocycles. The lowest BCUT2D eigenvalue weighted by molar-refractivity contribution is 0.398. The van der Waals surface area contributed by atoms with E-state index in [4.69, 9.17) is 4.42 Å². The smallest absolute Gasteiger partial charge is 0.244 e. The van der Waals surface area contributed by atoms with E-state index in [0.717, 1.165) is 8.66 Å². The van der Waals surface area contributed by atoms with Crippen LogP contribution in [0.15, 0.2) is 36.0 Å². The second kappa shape index (κ2) is 5.69. The molecule has 0 atom stereocenters. The maximum absolute atomic E-state index is 12.4. The van der Waals surface area contributed by atoms with Gasteiger partial charge >= 0.3 is 0 Å². The molecule has 0 unspecified atom stereocenters. The zero-order chi connectivity index (χ0) is 14.2. The van der Waals surface area contributed by atoms with Gasteiger partial charge in [0.15, 0.2) is 4.67 Å². The van der Waals surface area contributed by atoms with E-state index in [-0.39, 0.29) is 6.54 Å². The van der Waals surface area contributed by atoms with E-state index in [2.05, 4.69) is 31.9 Å². The fourth-order valence-corrected chi connectivity index (χ4v) is 5.45. The number of aryl methyl sites for hydroxylation is 1. The minimum atomic E-state index is -3.50. The Bertz CT molecular complexity index is 691. The van der Waals surface area contributed by atoms with Gasteiger partial charge in [-0.3, -0.25) is 0 Å². The molecule has 0 aromatic carbocycles. The van der Waals surface area contributed by atoms with Crippen molar-refractivity contribution in [3.8, 4) is 0 Å². The van der Waals surface area contributed by atoms with Crippen molar-refractivity contribution >= 4 is 53.2 Å². The number of hydrogen-bond donors (Lipinski definition) is 0. The molecule has 2 aromatic heterocycles. The summed E-state index contributed by atoms with van der Waals surface area (Å²) in [6.07, 6.45) is 0. The van der Waals surface area contributed by atoms with Crippen LogP contribution < -0.4 is 0 Å². The van der Waals surface area contributed by atoms with Crippen molar-refractivity contribution in [3.05, 3.63) is 37.3 Å². The number of hydrogen-bond acceptors (Lipinski definition) is 4. The number of sulfonamides is 1. The largest absolute Gasteiger partial charge is 0.453 e. The average Bonchev–Trinajstić information content (AvgIpc) is 2.85. The fourth-order valence-electron chi connectivity index (χ4n) is 1.60. The van der Waals surface area contributed by atoms with Crippen LogP contribution in [0.25, 0.3) is 0 Å². The van der Waals surface area contributed by atoms with Crippen LogP contribution >= 0.6 is 43.2 Å². The number of nitrogens with zero attached hydrogens (tertiary/aromatic N) is 1. The molecule has 2 rings (SSSR count). The molecule has 0 amide bonds. The molecule has 2 heterocycles. The summed E-state index contributed by atoms with van der Waals surface area (Å²) in [6.45, 7) is 1.99. The van der Waals surface area contributed by atoms with Gasteiger partial charge in [-0.15, -0.1) is 11.3 Å². The predicted octanol–water partition coefficient (Wildman–Crippen LogP) is 4.00. The lowest BCUT2D eigenvalue weighted by Crippen LogP contribution is -2.26. The highest BCUT2D eigenvalue weighted by Gasteiger charge is 2.25. The Labute approximate surface area is 132 Å². The molecule has 4 nitrogen and oxygen atoms in total. The van der Waals surface area contributed by atoms with Crippen LogP contribution in [0.4, 0.5) is 0 Å². The maximum atomic E-state index is 12.4. The highest BCUT2D eigenvalue weighted by molar-refractivity contribution is 9.11. The van der Waals surface area contributed by atoms with E-state index >= 15 is 0 Å². The van der Waals surface area contributed by atoms with Crippen LogP contribution in [0.5, 0.6) is 0 Å². The summed E-state index contributed by atoms with van der Waals surface area (Å²) in [5.41, 5.74) is 0. The summed E-state index contributed by atoms with van der Waals surface area (Å²) in [5.74, 6) is 0.588. The number of thiophene rings is 1. The van der Waals surface area contributed by atoms with Crippen molar-refractivity contribution < 1.29 is 12.8 Å².